The zero-order valence-corrected chi connectivity index (χ0v) is 13.2. The lowest BCUT2D eigenvalue weighted by Crippen LogP contribution is -2.35. The number of rotatable bonds is 4. The molecule has 2 aromatic heterocycles. The first-order chi connectivity index (χ1) is 11.1. The minimum Gasteiger partial charge on any atom is -0.334 e. The molecule has 7 heteroatoms. The quantitative estimate of drug-likeness (QED) is 0.738. The molecule has 0 atom stereocenters. The van der Waals surface area contributed by atoms with Gasteiger partial charge in [0, 0.05) is 30.9 Å². The van der Waals surface area contributed by atoms with Crippen molar-refractivity contribution in [2.24, 2.45) is 0 Å². The first-order valence-corrected chi connectivity index (χ1v) is 7.96. The second-order valence-corrected chi connectivity index (χ2v) is 5.85. The number of thiazole rings is 1. The maximum atomic E-state index is 13.3. The van der Waals surface area contributed by atoms with Crippen LogP contribution < -0.4 is 5.56 Å². The third-order valence-electron chi connectivity index (χ3n) is 3.50. The van der Waals surface area contributed by atoms with Gasteiger partial charge in [0.05, 0.1) is 0 Å². The van der Waals surface area contributed by atoms with Gasteiger partial charge < -0.3 is 4.90 Å². The number of carbonyl (C=O) groups is 1. The van der Waals surface area contributed by atoms with Crippen LogP contribution in [0, 0.1) is 5.82 Å². The molecule has 23 heavy (non-hydrogen) atoms. The highest BCUT2D eigenvalue weighted by molar-refractivity contribution is 7.15. The van der Waals surface area contributed by atoms with Gasteiger partial charge in [0.1, 0.15) is 11.4 Å². The highest BCUT2D eigenvalue weighted by Crippen LogP contribution is 2.11. The van der Waals surface area contributed by atoms with E-state index >= 15 is 0 Å². The fourth-order valence-electron chi connectivity index (χ4n) is 2.32. The van der Waals surface area contributed by atoms with E-state index < -0.39 is 5.91 Å². The number of carbonyl (C=O) groups excluding carboxylic acids is 1. The number of benzene rings is 1. The third-order valence-corrected chi connectivity index (χ3v) is 4.28. The van der Waals surface area contributed by atoms with Gasteiger partial charge in [0.2, 0.25) is 0 Å². The van der Waals surface area contributed by atoms with E-state index in [4.69, 9.17) is 0 Å². The van der Waals surface area contributed by atoms with Crippen molar-refractivity contribution in [2.45, 2.75) is 13.5 Å². The van der Waals surface area contributed by atoms with E-state index in [-0.39, 0.29) is 23.5 Å². The molecule has 0 aliphatic carbocycles. The van der Waals surface area contributed by atoms with Crippen LogP contribution in [0.2, 0.25) is 0 Å². The number of halogens is 1. The summed E-state index contributed by atoms with van der Waals surface area (Å²) in [7, 11) is 0. The second kappa shape index (κ2) is 6.29. The summed E-state index contributed by atoms with van der Waals surface area (Å²) in [4.78, 5) is 31.2. The van der Waals surface area contributed by atoms with E-state index in [1.165, 1.54) is 39.0 Å². The van der Waals surface area contributed by atoms with Crippen LogP contribution in [0.25, 0.3) is 4.96 Å². The summed E-state index contributed by atoms with van der Waals surface area (Å²) in [6, 6.07) is 6.06. The molecule has 0 radical (unpaired) electrons. The maximum Gasteiger partial charge on any atom is 0.271 e. The Bertz CT molecular complexity index is 919. The van der Waals surface area contributed by atoms with Crippen molar-refractivity contribution < 1.29 is 9.18 Å². The third kappa shape index (κ3) is 3.00. The van der Waals surface area contributed by atoms with Crippen molar-refractivity contribution in [2.75, 3.05) is 6.54 Å². The Morgan fingerprint density at radius 3 is 3.00 bits per heavy atom. The second-order valence-electron chi connectivity index (χ2n) is 4.98. The van der Waals surface area contributed by atoms with Gasteiger partial charge in [-0.05, 0) is 24.6 Å². The van der Waals surface area contributed by atoms with Crippen molar-refractivity contribution in [1.82, 2.24) is 14.3 Å². The fourth-order valence-corrected chi connectivity index (χ4v) is 3.00. The Labute approximate surface area is 135 Å². The topological polar surface area (TPSA) is 54.7 Å². The van der Waals surface area contributed by atoms with Gasteiger partial charge in [-0.25, -0.2) is 9.37 Å². The average molecular weight is 331 g/mol. The minimum atomic E-state index is -0.408. The first kappa shape index (κ1) is 15.4. The van der Waals surface area contributed by atoms with Crippen LogP contribution in [-0.2, 0) is 6.54 Å². The molecule has 0 saturated carbocycles. The van der Waals surface area contributed by atoms with Crippen molar-refractivity contribution >= 4 is 22.2 Å². The standard InChI is InChI=1S/C16H14FN3O2S/c1-2-19(10-11-4-3-5-12(17)8-11)14(21)13-9-18-16-20(15(13)22)6-7-23-16/h3-9H,2,10H2,1H3. The lowest BCUT2D eigenvalue weighted by atomic mass is 10.2. The first-order valence-electron chi connectivity index (χ1n) is 7.08. The molecule has 0 bridgehead atoms. The SMILES string of the molecule is CCN(Cc1cccc(F)c1)C(=O)c1cnc2sccn2c1=O. The van der Waals surface area contributed by atoms with E-state index in [0.717, 1.165) is 0 Å². The highest BCUT2D eigenvalue weighted by Gasteiger charge is 2.19. The van der Waals surface area contributed by atoms with Gasteiger partial charge in [-0.1, -0.05) is 12.1 Å². The molecule has 3 aromatic rings. The fraction of sp³-hybridized carbons (Fsp3) is 0.188. The zero-order chi connectivity index (χ0) is 16.4. The molecule has 0 aliphatic heterocycles. The number of nitrogens with zero attached hydrogens (tertiary/aromatic N) is 3. The molecule has 1 aromatic carbocycles. The summed E-state index contributed by atoms with van der Waals surface area (Å²) >= 11 is 1.33. The molecule has 0 N–H and O–H groups in total. The summed E-state index contributed by atoms with van der Waals surface area (Å²) in [6.07, 6.45) is 2.90. The molecule has 3 rings (SSSR count). The summed E-state index contributed by atoms with van der Waals surface area (Å²) in [5.74, 6) is -0.762. The van der Waals surface area contributed by atoms with Gasteiger partial charge in [-0.3, -0.25) is 14.0 Å². The maximum absolute atomic E-state index is 13.3. The van der Waals surface area contributed by atoms with Crippen LogP contribution in [0.3, 0.4) is 0 Å². The Kier molecular flexibility index (Phi) is 4.20. The lowest BCUT2D eigenvalue weighted by Gasteiger charge is -2.20. The Hall–Kier alpha value is -2.54. The van der Waals surface area contributed by atoms with E-state index in [1.807, 2.05) is 6.92 Å². The molecule has 118 valence electrons. The highest BCUT2D eigenvalue weighted by atomic mass is 32.1. The largest absolute Gasteiger partial charge is 0.334 e. The molecule has 1 amide bonds. The number of fused-ring (bicyclic) bond motifs is 1. The van der Waals surface area contributed by atoms with Gasteiger partial charge in [-0.2, -0.15) is 0 Å². The Morgan fingerprint density at radius 1 is 1.43 bits per heavy atom. The lowest BCUT2D eigenvalue weighted by molar-refractivity contribution is 0.0750. The minimum absolute atomic E-state index is 0.0131. The van der Waals surface area contributed by atoms with Gasteiger partial charge in [0.15, 0.2) is 4.96 Å². The zero-order valence-electron chi connectivity index (χ0n) is 12.4. The summed E-state index contributed by atoms with van der Waals surface area (Å²) in [5, 5.41) is 1.74. The molecule has 2 heterocycles. The van der Waals surface area contributed by atoms with Crippen molar-refractivity contribution in [1.29, 1.82) is 0 Å². The average Bonchev–Trinajstić information content (AvgIpc) is 3.02. The molecule has 0 fully saturated rings. The summed E-state index contributed by atoms with van der Waals surface area (Å²) < 4.78 is 14.6. The van der Waals surface area contributed by atoms with E-state index in [9.17, 15) is 14.0 Å². The van der Waals surface area contributed by atoms with Crippen LogP contribution in [0.4, 0.5) is 4.39 Å². The normalized spacial score (nSPS) is 10.9. The van der Waals surface area contributed by atoms with E-state index in [0.29, 0.717) is 17.1 Å². The van der Waals surface area contributed by atoms with Gasteiger partial charge in [-0.15, -0.1) is 11.3 Å². The number of hydrogen-bond acceptors (Lipinski definition) is 4. The Morgan fingerprint density at radius 2 is 2.26 bits per heavy atom. The Balaban J connectivity index is 1.92. The molecule has 0 spiro atoms. The van der Waals surface area contributed by atoms with Crippen LogP contribution in [0.5, 0.6) is 0 Å². The number of hydrogen-bond donors (Lipinski definition) is 0. The molecule has 0 saturated heterocycles. The molecule has 0 unspecified atom stereocenters. The van der Waals surface area contributed by atoms with E-state index in [1.54, 1.807) is 23.7 Å². The van der Waals surface area contributed by atoms with Crippen LogP contribution in [-0.4, -0.2) is 26.7 Å². The monoisotopic (exact) mass is 331 g/mol. The number of aromatic nitrogens is 2. The predicted molar refractivity (Wildman–Crippen MR) is 86.2 cm³/mol. The summed E-state index contributed by atoms with van der Waals surface area (Å²) in [6.45, 7) is 2.45. The smallest absolute Gasteiger partial charge is 0.271 e. The molecule has 0 aliphatic rings. The molecular weight excluding hydrogens is 317 g/mol. The summed E-state index contributed by atoms with van der Waals surface area (Å²) in [5.41, 5.74) is 0.294. The van der Waals surface area contributed by atoms with Gasteiger partial charge >= 0.3 is 0 Å². The molecular formula is C16H14FN3O2S. The van der Waals surface area contributed by atoms with Crippen LogP contribution in [0.1, 0.15) is 22.8 Å². The number of amides is 1. The van der Waals surface area contributed by atoms with E-state index in [2.05, 4.69) is 4.98 Å². The van der Waals surface area contributed by atoms with Crippen molar-refractivity contribution in [3.8, 4) is 0 Å². The van der Waals surface area contributed by atoms with Gasteiger partial charge in [0.25, 0.3) is 11.5 Å². The molecule has 5 nitrogen and oxygen atoms in total. The van der Waals surface area contributed by atoms with Crippen LogP contribution >= 0.6 is 11.3 Å². The van der Waals surface area contributed by atoms with Crippen LogP contribution in [0.15, 0.2) is 46.8 Å². The predicted octanol–water partition coefficient (Wildman–Crippen LogP) is 2.56. The van der Waals surface area contributed by atoms with Crippen molar-refractivity contribution in [3.05, 3.63) is 69.3 Å². The van der Waals surface area contributed by atoms with Crippen molar-refractivity contribution in [3.63, 3.8) is 0 Å².